The van der Waals surface area contributed by atoms with E-state index in [2.05, 4.69) is 24.3 Å². The van der Waals surface area contributed by atoms with Crippen LogP contribution in [0.3, 0.4) is 0 Å². The fraction of sp³-hybridized carbons (Fsp3) is 0.444. The maximum Gasteiger partial charge on any atom is 0.168 e. The first-order valence-electron chi connectivity index (χ1n) is 7.59. The summed E-state index contributed by atoms with van der Waals surface area (Å²) in [6.07, 6.45) is 10.9. The van der Waals surface area contributed by atoms with Gasteiger partial charge in [-0.2, -0.15) is 0 Å². The van der Waals surface area contributed by atoms with Crippen LogP contribution >= 0.6 is 0 Å². The third-order valence-corrected chi connectivity index (χ3v) is 3.61. The van der Waals surface area contributed by atoms with Gasteiger partial charge in [-0.25, -0.2) is 4.39 Å². The highest BCUT2D eigenvalue weighted by atomic mass is 19.1. The summed E-state index contributed by atoms with van der Waals surface area (Å²) < 4.78 is 24.7. The van der Waals surface area contributed by atoms with E-state index >= 15 is 0 Å². The minimum Gasteiger partial charge on any atom is -0.494 e. The Balaban J connectivity index is 1.87. The van der Waals surface area contributed by atoms with Crippen LogP contribution in [0.5, 0.6) is 11.5 Å². The molecule has 0 radical (unpaired) electrons. The minimum absolute atomic E-state index is 0.294. The fourth-order valence-electron chi connectivity index (χ4n) is 2.50. The van der Waals surface area contributed by atoms with Crippen molar-refractivity contribution in [2.45, 2.75) is 26.7 Å². The van der Waals surface area contributed by atoms with Gasteiger partial charge in [-0.3, -0.25) is 0 Å². The summed E-state index contributed by atoms with van der Waals surface area (Å²) in [5.74, 6) is 1.36. The molecule has 0 saturated heterocycles. The molecule has 1 aromatic rings. The number of ether oxygens (including phenoxy) is 2. The molecule has 0 saturated carbocycles. The molecule has 114 valence electrons. The van der Waals surface area contributed by atoms with Gasteiger partial charge in [0.05, 0.1) is 13.2 Å². The molecule has 1 aliphatic rings. The number of allylic oxidation sites excluding steroid dienone is 3. The van der Waals surface area contributed by atoms with Gasteiger partial charge in [0.15, 0.2) is 11.6 Å². The Kier molecular flexibility index (Phi) is 5.85. The number of hydrogen-bond acceptors (Lipinski definition) is 2. The van der Waals surface area contributed by atoms with Crippen LogP contribution in [0.2, 0.25) is 0 Å². The number of benzene rings is 1. The van der Waals surface area contributed by atoms with Gasteiger partial charge >= 0.3 is 0 Å². The van der Waals surface area contributed by atoms with Crippen molar-refractivity contribution in [2.75, 3.05) is 13.2 Å². The lowest BCUT2D eigenvalue weighted by Gasteiger charge is -2.21. The second kappa shape index (κ2) is 7.87. The van der Waals surface area contributed by atoms with Crippen LogP contribution in [0.4, 0.5) is 4.39 Å². The van der Waals surface area contributed by atoms with Gasteiger partial charge in [-0.1, -0.05) is 24.3 Å². The molecule has 0 heterocycles. The first-order valence-corrected chi connectivity index (χ1v) is 7.59. The molecule has 0 fully saturated rings. The van der Waals surface area contributed by atoms with Crippen molar-refractivity contribution in [1.29, 1.82) is 0 Å². The van der Waals surface area contributed by atoms with E-state index in [1.807, 2.05) is 13.8 Å². The van der Waals surface area contributed by atoms with Crippen LogP contribution in [0.1, 0.15) is 26.7 Å². The molecule has 1 aromatic carbocycles. The summed E-state index contributed by atoms with van der Waals surface area (Å²) in [7, 11) is 0. The summed E-state index contributed by atoms with van der Waals surface area (Å²) in [5, 5.41) is 0. The highest BCUT2D eigenvalue weighted by Gasteiger charge is 2.15. The largest absolute Gasteiger partial charge is 0.494 e. The molecule has 0 aliphatic heterocycles. The summed E-state index contributed by atoms with van der Waals surface area (Å²) in [4.78, 5) is 0. The van der Waals surface area contributed by atoms with Crippen molar-refractivity contribution in [2.24, 2.45) is 11.8 Å². The van der Waals surface area contributed by atoms with Gasteiger partial charge in [-0.05, 0) is 44.7 Å². The predicted molar refractivity (Wildman–Crippen MR) is 83.2 cm³/mol. The van der Waals surface area contributed by atoms with Gasteiger partial charge in [0.2, 0.25) is 0 Å². The average molecular weight is 290 g/mol. The van der Waals surface area contributed by atoms with Crippen molar-refractivity contribution in [1.82, 2.24) is 0 Å². The summed E-state index contributed by atoms with van der Waals surface area (Å²) in [6, 6.07) is 4.74. The lowest BCUT2D eigenvalue weighted by Crippen LogP contribution is -2.15. The molecule has 0 aromatic heterocycles. The summed E-state index contributed by atoms with van der Waals surface area (Å²) in [5.41, 5.74) is 0. The lowest BCUT2D eigenvalue weighted by molar-refractivity contribution is 0.248. The van der Waals surface area contributed by atoms with E-state index in [9.17, 15) is 4.39 Å². The van der Waals surface area contributed by atoms with Crippen LogP contribution in [0.25, 0.3) is 0 Å². The molecule has 2 atom stereocenters. The van der Waals surface area contributed by atoms with Crippen molar-refractivity contribution >= 4 is 0 Å². The lowest BCUT2D eigenvalue weighted by atomic mass is 9.89. The van der Waals surface area contributed by atoms with Crippen molar-refractivity contribution in [3.05, 3.63) is 48.3 Å². The zero-order valence-corrected chi connectivity index (χ0v) is 12.7. The number of rotatable bonds is 6. The van der Waals surface area contributed by atoms with E-state index in [1.54, 1.807) is 12.1 Å². The molecular weight excluding hydrogens is 267 g/mol. The van der Waals surface area contributed by atoms with E-state index in [0.29, 0.717) is 36.5 Å². The standard InChI is InChI=1S/C18H23FO2/c1-3-5-14-6-8-15(9-7-14)13-21-18-11-10-16(20-4-2)12-17(18)19/h3,5-6,8,10-12,14-15H,4,7,9,13H2,1-2H3/b5-3+. The predicted octanol–water partition coefficient (Wildman–Crippen LogP) is 4.76. The van der Waals surface area contributed by atoms with Gasteiger partial charge in [-0.15, -0.1) is 0 Å². The third-order valence-electron chi connectivity index (χ3n) is 3.61. The molecule has 0 bridgehead atoms. The fourth-order valence-corrected chi connectivity index (χ4v) is 2.50. The van der Waals surface area contributed by atoms with Crippen molar-refractivity contribution in [3.8, 4) is 11.5 Å². The Bertz CT molecular complexity index is 508. The molecule has 2 rings (SSSR count). The maximum atomic E-state index is 13.9. The van der Waals surface area contributed by atoms with E-state index in [1.165, 1.54) is 6.07 Å². The highest BCUT2D eigenvalue weighted by Crippen LogP contribution is 2.26. The first kappa shape index (κ1) is 15.6. The van der Waals surface area contributed by atoms with Crippen LogP contribution in [-0.4, -0.2) is 13.2 Å². The van der Waals surface area contributed by atoms with E-state index in [-0.39, 0.29) is 5.82 Å². The van der Waals surface area contributed by atoms with Gasteiger partial charge < -0.3 is 9.47 Å². The summed E-state index contributed by atoms with van der Waals surface area (Å²) in [6.45, 7) is 4.96. The maximum absolute atomic E-state index is 13.9. The van der Waals surface area contributed by atoms with Crippen LogP contribution < -0.4 is 9.47 Å². The molecule has 2 nitrogen and oxygen atoms in total. The Hall–Kier alpha value is -1.77. The minimum atomic E-state index is -0.368. The Labute approximate surface area is 126 Å². The van der Waals surface area contributed by atoms with Gasteiger partial charge in [0.1, 0.15) is 5.75 Å². The van der Waals surface area contributed by atoms with E-state index in [0.717, 1.165) is 12.8 Å². The first-order chi connectivity index (χ1) is 10.2. The average Bonchev–Trinajstić information content (AvgIpc) is 2.49. The molecule has 3 heteroatoms. The summed E-state index contributed by atoms with van der Waals surface area (Å²) >= 11 is 0. The Morgan fingerprint density at radius 2 is 2.10 bits per heavy atom. The zero-order chi connectivity index (χ0) is 15.1. The van der Waals surface area contributed by atoms with Crippen LogP contribution in [0, 0.1) is 17.7 Å². The normalized spacial score (nSPS) is 21.7. The topological polar surface area (TPSA) is 18.5 Å². The molecule has 0 spiro atoms. The van der Waals surface area contributed by atoms with E-state index < -0.39 is 0 Å². The van der Waals surface area contributed by atoms with Crippen molar-refractivity contribution < 1.29 is 13.9 Å². The molecule has 21 heavy (non-hydrogen) atoms. The third kappa shape index (κ3) is 4.62. The van der Waals surface area contributed by atoms with E-state index in [4.69, 9.17) is 9.47 Å². The van der Waals surface area contributed by atoms with Crippen LogP contribution in [0.15, 0.2) is 42.5 Å². The molecule has 0 N–H and O–H groups in total. The highest BCUT2D eigenvalue weighted by molar-refractivity contribution is 5.33. The molecular formula is C18H23FO2. The monoisotopic (exact) mass is 290 g/mol. The van der Waals surface area contributed by atoms with Crippen molar-refractivity contribution in [3.63, 3.8) is 0 Å². The molecule has 1 aliphatic carbocycles. The zero-order valence-electron chi connectivity index (χ0n) is 12.7. The van der Waals surface area contributed by atoms with Crippen LogP contribution in [-0.2, 0) is 0 Å². The SMILES string of the molecule is C/C=C/C1C=CC(COc2ccc(OCC)cc2F)CC1. The Morgan fingerprint density at radius 1 is 1.24 bits per heavy atom. The molecule has 0 amide bonds. The smallest absolute Gasteiger partial charge is 0.168 e. The molecule has 2 unspecified atom stereocenters. The number of halogens is 1. The quantitative estimate of drug-likeness (QED) is 0.703. The Morgan fingerprint density at radius 3 is 2.71 bits per heavy atom. The second-order valence-electron chi connectivity index (χ2n) is 5.25. The number of hydrogen-bond donors (Lipinski definition) is 0. The second-order valence-corrected chi connectivity index (χ2v) is 5.25. The van der Waals surface area contributed by atoms with Gasteiger partial charge in [0, 0.05) is 12.0 Å². The van der Waals surface area contributed by atoms with Gasteiger partial charge in [0.25, 0.3) is 0 Å².